The zero-order valence-corrected chi connectivity index (χ0v) is 12.4. The largest absolute Gasteiger partial charge is 0.493 e. The molecule has 0 atom stereocenters. The minimum Gasteiger partial charge on any atom is -0.493 e. The van der Waals surface area contributed by atoms with Gasteiger partial charge in [0.05, 0.1) is 12.1 Å². The van der Waals surface area contributed by atoms with E-state index >= 15 is 0 Å². The van der Waals surface area contributed by atoms with Crippen LogP contribution in [0.3, 0.4) is 0 Å². The lowest BCUT2D eigenvalue weighted by atomic mass is 10.2. The summed E-state index contributed by atoms with van der Waals surface area (Å²) in [5, 5.41) is 3.59. The van der Waals surface area contributed by atoms with Gasteiger partial charge in [-0.1, -0.05) is 23.8 Å². The van der Waals surface area contributed by atoms with Gasteiger partial charge in [0.15, 0.2) is 18.1 Å². The lowest BCUT2D eigenvalue weighted by molar-refractivity contribution is -0.119. The van der Waals surface area contributed by atoms with Crippen LogP contribution in [0.4, 0.5) is 0 Å². The van der Waals surface area contributed by atoms with Crippen LogP contribution in [-0.4, -0.2) is 26.2 Å². The zero-order chi connectivity index (χ0) is 15.1. The first kappa shape index (κ1) is 16.3. The standard InChI is InChI=1S/C14H19ClN2O3/c1-9(2)6-17-7-10-4-11(15)14(12(5-10)19-3)20-8-13(16)18/h4-5,17H,1,6-8H2,2-3H3,(H2,16,18). The van der Waals surface area contributed by atoms with Crippen LogP contribution < -0.4 is 20.5 Å². The maximum absolute atomic E-state index is 10.8. The molecule has 0 saturated carbocycles. The van der Waals surface area contributed by atoms with Crippen molar-refractivity contribution in [2.24, 2.45) is 5.73 Å². The molecular weight excluding hydrogens is 280 g/mol. The molecular formula is C14H19ClN2O3. The molecule has 0 heterocycles. The summed E-state index contributed by atoms with van der Waals surface area (Å²) in [6.45, 7) is 6.86. The Kier molecular flexibility index (Phi) is 6.35. The van der Waals surface area contributed by atoms with E-state index in [-0.39, 0.29) is 6.61 Å². The van der Waals surface area contributed by atoms with Crippen LogP contribution in [0, 0.1) is 0 Å². The summed E-state index contributed by atoms with van der Waals surface area (Å²) in [4.78, 5) is 10.8. The fraction of sp³-hybridized carbons (Fsp3) is 0.357. The number of methoxy groups -OCH3 is 1. The fourth-order valence-corrected chi connectivity index (χ4v) is 1.87. The van der Waals surface area contributed by atoms with Gasteiger partial charge in [-0.05, 0) is 24.6 Å². The summed E-state index contributed by atoms with van der Waals surface area (Å²) in [6, 6.07) is 3.56. The van der Waals surface area contributed by atoms with E-state index in [1.54, 1.807) is 12.1 Å². The smallest absolute Gasteiger partial charge is 0.255 e. The van der Waals surface area contributed by atoms with Crippen molar-refractivity contribution in [1.29, 1.82) is 0 Å². The number of nitrogens with two attached hydrogens (primary N) is 1. The van der Waals surface area contributed by atoms with Crippen molar-refractivity contribution >= 4 is 17.5 Å². The maximum Gasteiger partial charge on any atom is 0.255 e. The number of benzene rings is 1. The number of ether oxygens (including phenoxy) is 2. The van der Waals surface area contributed by atoms with Crippen LogP contribution in [0.25, 0.3) is 0 Å². The third kappa shape index (κ3) is 5.11. The van der Waals surface area contributed by atoms with E-state index in [1.807, 2.05) is 6.92 Å². The molecule has 1 aromatic rings. The molecule has 20 heavy (non-hydrogen) atoms. The quantitative estimate of drug-likeness (QED) is 0.719. The van der Waals surface area contributed by atoms with Gasteiger partial charge in [-0.2, -0.15) is 0 Å². The molecule has 0 radical (unpaired) electrons. The molecule has 3 N–H and O–H groups in total. The van der Waals surface area contributed by atoms with Crippen LogP contribution in [0.1, 0.15) is 12.5 Å². The Morgan fingerprint density at radius 1 is 1.50 bits per heavy atom. The van der Waals surface area contributed by atoms with Crippen LogP contribution in [-0.2, 0) is 11.3 Å². The van der Waals surface area contributed by atoms with Crippen LogP contribution in [0.2, 0.25) is 5.02 Å². The van der Waals surface area contributed by atoms with E-state index < -0.39 is 5.91 Å². The van der Waals surface area contributed by atoms with Crippen LogP contribution in [0.15, 0.2) is 24.3 Å². The highest BCUT2D eigenvalue weighted by Crippen LogP contribution is 2.36. The highest BCUT2D eigenvalue weighted by molar-refractivity contribution is 6.32. The lowest BCUT2D eigenvalue weighted by Gasteiger charge is -2.13. The van der Waals surface area contributed by atoms with Gasteiger partial charge in [0.1, 0.15) is 0 Å². The Labute approximate surface area is 123 Å². The monoisotopic (exact) mass is 298 g/mol. The van der Waals surface area contributed by atoms with E-state index in [0.717, 1.165) is 17.7 Å². The Morgan fingerprint density at radius 2 is 2.20 bits per heavy atom. The average Bonchev–Trinajstić information content (AvgIpc) is 2.36. The average molecular weight is 299 g/mol. The topological polar surface area (TPSA) is 73.6 Å². The summed E-state index contributed by atoms with van der Waals surface area (Å²) in [7, 11) is 1.51. The molecule has 1 aromatic carbocycles. The molecule has 6 heteroatoms. The molecule has 1 amide bonds. The van der Waals surface area contributed by atoms with E-state index in [2.05, 4.69) is 11.9 Å². The van der Waals surface area contributed by atoms with Gasteiger partial charge in [0.2, 0.25) is 0 Å². The predicted octanol–water partition coefficient (Wildman–Crippen LogP) is 1.88. The first-order chi connectivity index (χ1) is 9.43. The number of halogens is 1. The van der Waals surface area contributed by atoms with Gasteiger partial charge in [0.25, 0.3) is 5.91 Å². The minimum atomic E-state index is -0.574. The lowest BCUT2D eigenvalue weighted by Crippen LogP contribution is -2.20. The number of rotatable bonds is 8. The summed E-state index contributed by atoms with van der Waals surface area (Å²) in [6.07, 6.45) is 0. The van der Waals surface area contributed by atoms with Crippen molar-refractivity contribution in [2.75, 3.05) is 20.3 Å². The maximum atomic E-state index is 10.8. The molecule has 110 valence electrons. The van der Waals surface area contributed by atoms with Crippen molar-refractivity contribution in [3.8, 4) is 11.5 Å². The molecule has 1 rings (SSSR count). The number of hydrogen-bond acceptors (Lipinski definition) is 4. The second-order valence-electron chi connectivity index (χ2n) is 4.42. The molecule has 5 nitrogen and oxygen atoms in total. The van der Waals surface area contributed by atoms with Gasteiger partial charge in [-0.25, -0.2) is 0 Å². The number of primary amides is 1. The van der Waals surface area contributed by atoms with Gasteiger partial charge in [-0.15, -0.1) is 0 Å². The Balaban J connectivity index is 2.83. The molecule has 0 aliphatic heterocycles. The van der Waals surface area contributed by atoms with Crippen molar-refractivity contribution in [2.45, 2.75) is 13.5 Å². The third-order valence-corrected chi connectivity index (χ3v) is 2.68. The molecule has 0 bridgehead atoms. The number of nitrogens with one attached hydrogen (secondary N) is 1. The Hall–Kier alpha value is -1.72. The van der Waals surface area contributed by atoms with Gasteiger partial charge in [-0.3, -0.25) is 4.79 Å². The van der Waals surface area contributed by atoms with E-state index in [0.29, 0.717) is 23.1 Å². The number of carbonyl (C=O) groups excluding carboxylic acids is 1. The molecule has 0 aliphatic rings. The molecule has 0 fully saturated rings. The van der Waals surface area contributed by atoms with Crippen LogP contribution in [0.5, 0.6) is 11.5 Å². The Bertz CT molecular complexity index is 503. The highest BCUT2D eigenvalue weighted by atomic mass is 35.5. The van der Waals surface area contributed by atoms with Gasteiger partial charge >= 0.3 is 0 Å². The second-order valence-corrected chi connectivity index (χ2v) is 4.83. The Morgan fingerprint density at radius 3 is 2.75 bits per heavy atom. The van der Waals surface area contributed by atoms with Crippen molar-refractivity contribution < 1.29 is 14.3 Å². The SMILES string of the molecule is C=C(C)CNCc1cc(Cl)c(OCC(N)=O)c(OC)c1. The second kappa shape index (κ2) is 7.77. The van der Waals surface area contributed by atoms with E-state index in [4.69, 9.17) is 26.8 Å². The summed E-state index contributed by atoms with van der Waals surface area (Å²) in [5.41, 5.74) is 7.03. The summed E-state index contributed by atoms with van der Waals surface area (Å²) < 4.78 is 10.5. The molecule has 0 spiro atoms. The van der Waals surface area contributed by atoms with Crippen LogP contribution >= 0.6 is 11.6 Å². The minimum absolute atomic E-state index is 0.247. The predicted molar refractivity (Wildman–Crippen MR) is 79.2 cm³/mol. The third-order valence-electron chi connectivity index (χ3n) is 2.40. The van der Waals surface area contributed by atoms with Gasteiger partial charge < -0.3 is 20.5 Å². The first-order valence-electron chi connectivity index (χ1n) is 6.06. The number of amides is 1. The van der Waals surface area contributed by atoms with Crippen molar-refractivity contribution in [3.05, 3.63) is 34.9 Å². The molecule has 0 aliphatic carbocycles. The number of carbonyl (C=O) groups is 1. The van der Waals surface area contributed by atoms with E-state index in [9.17, 15) is 4.79 Å². The first-order valence-corrected chi connectivity index (χ1v) is 6.44. The normalized spacial score (nSPS) is 10.2. The molecule has 0 unspecified atom stereocenters. The van der Waals surface area contributed by atoms with Gasteiger partial charge in [0, 0.05) is 13.1 Å². The van der Waals surface area contributed by atoms with E-state index in [1.165, 1.54) is 7.11 Å². The van der Waals surface area contributed by atoms with Crippen molar-refractivity contribution in [1.82, 2.24) is 5.32 Å². The molecule has 0 aromatic heterocycles. The summed E-state index contributed by atoms with van der Waals surface area (Å²) in [5.74, 6) is 0.206. The highest BCUT2D eigenvalue weighted by Gasteiger charge is 2.13. The van der Waals surface area contributed by atoms with Crippen molar-refractivity contribution in [3.63, 3.8) is 0 Å². The fourth-order valence-electron chi connectivity index (χ4n) is 1.58. The number of hydrogen-bond donors (Lipinski definition) is 2. The molecule has 0 saturated heterocycles. The summed E-state index contributed by atoms with van der Waals surface area (Å²) >= 11 is 6.14. The zero-order valence-electron chi connectivity index (χ0n) is 11.7.